The summed E-state index contributed by atoms with van der Waals surface area (Å²) in [6.07, 6.45) is 8.70. The third-order valence-corrected chi connectivity index (χ3v) is 4.17. The summed E-state index contributed by atoms with van der Waals surface area (Å²) >= 11 is 0. The van der Waals surface area contributed by atoms with Crippen LogP contribution in [0.15, 0.2) is 12.7 Å². The van der Waals surface area contributed by atoms with E-state index in [1.165, 1.54) is 32.1 Å². The molecule has 0 saturated heterocycles. The lowest BCUT2D eigenvalue weighted by Crippen LogP contribution is -2.50. The maximum atomic E-state index is 6.07. The molecule has 0 aliphatic heterocycles. The van der Waals surface area contributed by atoms with Gasteiger partial charge >= 0.3 is 0 Å². The average Bonchev–Trinajstić information content (AvgIpc) is 2.28. The van der Waals surface area contributed by atoms with Crippen LogP contribution in [0.2, 0.25) is 0 Å². The largest absolute Gasteiger partial charge is 0.330 e. The third-order valence-electron chi connectivity index (χ3n) is 4.17. The molecule has 0 aromatic carbocycles. The zero-order chi connectivity index (χ0) is 12.9. The number of nitrogens with two attached hydrogens (primary N) is 1. The van der Waals surface area contributed by atoms with Gasteiger partial charge in [0.05, 0.1) is 0 Å². The second-order valence-corrected chi connectivity index (χ2v) is 6.60. The maximum Gasteiger partial charge on any atom is 0.0166 e. The summed E-state index contributed by atoms with van der Waals surface area (Å²) in [5.41, 5.74) is 6.63. The van der Waals surface area contributed by atoms with Gasteiger partial charge in [-0.05, 0) is 45.6 Å². The zero-order valence-corrected chi connectivity index (χ0v) is 12.0. The van der Waals surface area contributed by atoms with E-state index in [-0.39, 0.29) is 5.54 Å². The van der Waals surface area contributed by atoms with Crippen LogP contribution in [0, 0.1) is 5.41 Å². The molecule has 17 heavy (non-hydrogen) atoms. The van der Waals surface area contributed by atoms with Gasteiger partial charge in [-0.1, -0.05) is 25.3 Å². The second-order valence-electron chi connectivity index (χ2n) is 6.60. The topological polar surface area (TPSA) is 29.3 Å². The quantitative estimate of drug-likeness (QED) is 0.745. The van der Waals surface area contributed by atoms with E-state index in [4.69, 9.17) is 5.73 Å². The fourth-order valence-electron chi connectivity index (χ4n) is 2.86. The van der Waals surface area contributed by atoms with Crippen molar-refractivity contribution in [1.29, 1.82) is 0 Å². The molecule has 1 rings (SSSR count). The normalized spacial score (nSPS) is 20.5. The minimum Gasteiger partial charge on any atom is -0.330 e. The highest BCUT2D eigenvalue weighted by Gasteiger charge is 2.35. The van der Waals surface area contributed by atoms with Crippen molar-refractivity contribution in [2.75, 3.05) is 19.6 Å². The van der Waals surface area contributed by atoms with Crippen LogP contribution in [0.4, 0.5) is 0 Å². The van der Waals surface area contributed by atoms with Gasteiger partial charge in [-0.3, -0.25) is 4.90 Å². The average molecular weight is 238 g/mol. The molecule has 100 valence electrons. The van der Waals surface area contributed by atoms with Gasteiger partial charge in [0.2, 0.25) is 0 Å². The number of nitrogens with zero attached hydrogens (tertiary/aromatic N) is 1. The van der Waals surface area contributed by atoms with Gasteiger partial charge in [-0.25, -0.2) is 0 Å². The maximum absolute atomic E-state index is 6.07. The van der Waals surface area contributed by atoms with Gasteiger partial charge < -0.3 is 5.73 Å². The van der Waals surface area contributed by atoms with E-state index in [2.05, 4.69) is 32.3 Å². The van der Waals surface area contributed by atoms with Crippen molar-refractivity contribution in [2.24, 2.45) is 11.1 Å². The molecule has 1 aliphatic carbocycles. The van der Waals surface area contributed by atoms with Crippen LogP contribution in [0.5, 0.6) is 0 Å². The molecule has 0 atom stereocenters. The minimum atomic E-state index is 0.202. The van der Waals surface area contributed by atoms with Crippen molar-refractivity contribution < 1.29 is 0 Å². The molecule has 2 N–H and O–H groups in total. The van der Waals surface area contributed by atoms with Crippen LogP contribution in [0.25, 0.3) is 0 Å². The number of hydrogen-bond donors (Lipinski definition) is 1. The van der Waals surface area contributed by atoms with Gasteiger partial charge in [-0.15, -0.1) is 6.58 Å². The van der Waals surface area contributed by atoms with Crippen LogP contribution >= 0.6 is 0 Å². The summed E-state index contributed by atoms with van der Waals surface area (Å²) in [5.74, 6) is 0. The first kappa shape index (κ1) is 14.7. The fourth-order valence-corrected chi connectivity index (χ4v) is 2.86. The van der Waals surface area contributed by atoms with E-state index < -0.39 is 0 Å². The summed E-state index contributed by atoms with van der Waals surface area (Å²) in [4.78, 5) is 2.53. The minimum absolute atomic E-state index is 0.202. The Morgan fingerprint density at radius 1 is 1.24 bits per heavy atom. The first-order valence-corrected chi connectivity index (χ1v) is 7.00. The zero-order valence-electron chi connectivity index (χ0n) is 12.0. The first-order chi connectivity index (χ1) is 7.93. The van der Waals surface area contributed by atoms with E-state index in [1.54, 1.807) is 0 Å². The van der Waals surface area contributed by atoms with E-state index in [0.717, 1.165) is 19.6 Å². The van der Waals surface area contributed by atoms with E-state index in [1.807, 2.05) is 6.08 Å². The molecule has 1 fully saturated rings. The third kappa shape index (κ3) is 4.11. The van der Waals surface area contributed by atoms with Gasteiger partial charge in [0, 0.05) is 18.6 Å². The van der Waals surface area contributed by atoms with E-state index in [9.17, 15) is 0 Å². The molecule has 0 aromatic heterocycles. The van der Waals surface area contributed by atoms with Crippen LogP contribution in [0.3, 0.4) is 0 Å². The molecule has 1 aliphatic rings. The Balaban J connectivity index is 2.72. The lowest BCUT2D eigenvalue weighted by Gasteiger charge is -2.45. The predicted octanol–water partition coefficient (Wildman–Crippen LogP) is 3.18. The lowest BCUT2D eigenvalue weighted by molar-refractivity contribution is 0.0605. The molecule has 0 radical (unpaired) electrons. The highest BCUT2D eigenvalue weighted by Crippen LogP contribution is 2.37. The highest BCUT2D eigenvalue weighted by molar-refractivity contribution is 4.92. The molecule has 0 amide bonds. The summed E-state index contributed by atoms with van der Waals surface area (Å²) in [5, 5.41) is 0. The highest BCUT2D eigenvalue weighted by atomic mass is 15.2. The SMILES string of the molecule is C=CCN(CC1(CN)CCCCC1)C(C)(C)C. The second kappa shape index (κ2) is 6.01. The molecule has 0 bridgehead atoms. The van der Waals surface area contributed by atoms with E-state index >= 15 is 0 Å². The number of rotatable bonds is 5. The molecule has 0 aromatic rings. The van der Waals surface area contributed by atoms with Crippen molar-refractivity contribution >= 4 is 0 Å². The lowest BCUT2D eigenvalue weighted by atomic mass is 9.73. The van der Waals surface area contributed by atoms with Crippen LogP contribution < -0.4 is 5.73 Å². The Morgan fingerprint density at radius 3 is 2.24 bits per heavy atom. The van der Waals surface area contributed by atoms with Gasteiger partial charge in [-0.2, -0.15) is 0 Å². The summed E-state index contributed by atoms with van der Waals surface area (Å²) in [6, 6.07) is 0. The molecular formula is C15H30N2. The van der Waals surface area contributed by atoms with Crippen molar-refractivity contribution in [1.82, 2.24) is 4.90 Å². The van der Waals surface area contributed by atoms with Gasteiger partial charge in [0.25, 0.3) is 0 Å². The van der Waals surface area contributed by atoms with E-state index in [0.29, 0.717) is 5.41 Å². The summed E-state index contributed by atoms with van der Waals surface area (Å²) in [7, 11) is 0. The van der Waals surface area contributed by atoms with Crippen LogP contribution in [0.1, 0.15) is 52.9 Å². The Labute approximate surface area is 107 Å². The van der Waals surface area contributed by atoms with Crippen molar-refractivity contribution in [2.45, 2.75) is 58.4 Å². The van der Waals surface area contributed by atoms with Crippen molar-refractivity contribution in [3.8, 4) is 0 Å². The smallest absolute Gasteiger partial charge is 0.0166 e. The molecule has 1 saturated carbocycles. The monoisotopic (exact) mass is 238 g/mol. The fraction of sp³-hybridized carbons (Fsp3) is 0.867. The van der Waals surface area contributed by atoms with Crippen LogP contribution in [-0.4, -0.2) is 30.1 Å². The molecule has 0 spiro atoms. The molecule has 0 unspecified atom stereocenters. The van der Waals surface area contributed by atoms with Crippen molar-refractivity contribution in [3.05, 3.63) is 12.7 Å². The van der Waals surface area contributed by atoms with Gasteiger partial charge in [0.15, 0.2) is 0 Å². The predicted molar refractivity (Wildman–Crippen MR) is 76.1 cm³/mol. The molecule has 2 nitrogen and oxygen atoms in total. The standard InChI is InChI=1S/C15H30N2/c1-5-11-17(14(2,3)4)13-15(12-16)9-7-6-8-10-15/h5H,1,6-13,16H2,2-4H3. The van der Waals surface area contributed by atoms with Crippen molar-refractivity contribution in [3.63, 3.8) is 0 Å². The molecule has 0 heterocycles. The van der Waals surface area contributed by atoms with Gasteiger partial charge in [0.1, 0.15) is 0 Å². The Hall–Kier alpha value is -0.340. The number of hydrogen-bond acceptors (Lipinski definition) is 2. The first-order valence-electron chi connectivity index (χ1n) is 7.00. The molecule has 2 heteroatoms. The summed E-state index contributed by atoms with van der Waals surface area (Å²) in [6.45, 7) is 13.6. The summed E-state index contributed by atoms with van der Waals surface area (Å²) < 4.78 is 0. The Morgan fingerprint density at radius 2 is 1.82 bits per heavy atom. The Kier molecular flexibility index (Phi) is 5.21. The molecular weight excluding hydrogens is 208 g/mol. The Bertz CT molecular complexity index is 234. The van der Waals surface area contributed by atoms with Crippen LogP contribution in [-0.2, 0) is 0 Å².